The van der Waals surface area contributed by atoms with Gasteiger partial charge in [-0.3, -0.25) is 0 Å². The molecule has 98 valence electrons. The topological polar surface area (TPSA) is 34.1 Å². The fourth-order valence-electron chi connectivity index (χ4n) is 2.14. The Bertz CT molecular complexity index is 601. The maximum atomic E-state index is 12.8. The van der Waals surface area contributed by atoms with Crippen molar-refractivity contribution in [1.82, 2.24) is 4.98 Å². The first-order valence-electron chi connectivity index (χ1n) is 6.02. The van der Waals surface area contributed by atoms with Crippen molar-refractivity contribution >= 4 is 21.7 Å². The van der Waals surface area contributed by atoms with Crippen LogP contribution in [0.1, 0.15) is 11.1 Å². The molecule has 0 amide bonds. The molecule has 0 unspecified atom stereocenters. The summed E-state index contributed by atoms with van der Waals surface area (Å²) in [5.41, 5.74) is 2.30. The van der Waals surface area contributed by atoms with Crippen molar-refractivity contribution in [3.8, 4) is 5.75 Å². The van der Waals surface area contributed by atoms with Gasteiger partial charge in [-0.2, -0.15) is 0 Å². The van der Waals surface area contributed by atoms with Crippen LogP contribution < -0.4 is 10.1 Å². The molecule has 0 radical (unpaired) electrons. The lowest BCUT2D eigenvalue weighted by Crippen LogP contribution is -2.03. The van der Waals surface area contributed by atoms with E-state index in [1.165, 1.54) is 17.8 Å². The summed E-state index contributed by atoms with van der Waals surface area (Å²) < 4.78 is 19.5. The van der Waals surface area contributed by atoms with Crippen LogP contribution in [0.25, 0.3) is 0 Å². The van der Waals surface area contributed by atoms with Crippen LogP contribution in [-0.4, -0.2) is 11.6 Å². The monoisotopic (exact) mass is 322 g/mol. The number of nitrogens with zero attached hydrogens (tertiary/aromatic N) is 1. The minimum absolute atomic E-state index is 0.336. The molecule has 0 saturated carbocycles. The third-order valence-corrected chi connectivity index (χ3v) is 3.47. The van der Waals surface area contributed by atoms with E-state index in [1.54, 1.807) is 6.07 Å². The van der Waals surface area contributed by atoms with E-state index in [2.05, 4.69) is 32.3 Å². The lowest BCUT2D eigenvalue weighted by molar-refractivity contribution is 0.354. The highest BCUT2D eigenvalue weighted by Crippen LogP contribution is 2.33. The lowest BCUT2D eigenvalue weighted by atomic mass is 10.1. The van der Waals surface area contributed by atoms with Crippen molar-refractivity contribution in [2.24, 2.45) is 0 Å². The number of fused-ring (bicyclic) bond motifs is 1. The number of aromatic nitrogens is 1. The van der Waals surface area contributed by atoms with Crippen LogP contribution in [0.5, 0.6) is 5.75 Å². The third kappa shape index (κ3) is 2.71. The molecule has 2 aromatic rings. The normalized spacial score (nSPS) is 12.9. The summed E-state index contributed by atoms with van der Waals surface area (Å²) in [4.78, 5) is 3.97. The number of ether oxygens (including phenoxy) is 1. The molecule has 1 N–H and O–H groups in total. The first-order chi connectivity index (χ1) is 9.22. The van der Waals surface area contributed by atoms with E-state index in [4.69, 9.17) is 4.74 Å². The van der Waals surface area contributed by atoms with Gasteiger partial charge >= 0.3 is 0 Å². The molecule has 2 heterocycles. The molecule has 0 atom stereocenters. The average molecular weight is 323 g/mol. The average Bonchev–Trinajstić information content (AvgIpc) is 2.85. The Hall–Kier alpha value is -1.62. The lowest BCUT2D eigenvalue weighted by Gasteiger charge is -2.10. The SMILES string of the molecule is Fc1ccc(NCc2cc(Br)cc3c2OCC3)nc1. The zero-order chi connectivity index (χ0) is 13.2. The van der Waals surface area contributed by atoms with Gasteiger partial charge in [0.25, 0.3) is 0 Å². The molecule has 1 aromatic carbocycles. The minimum atomic E-state index is -0.336. The van der Waals surface area contributed by atoms with Crippen molar-refractivity contribution in [2.45, 2.75) is 13.0 Å². The maximum absolute atomic E-state index is 12.8. The van der Waals surface area contributed by atoms with Crippen LogP contribution >= 0.6 is 15.9 Å². The Balaban J connectivity index is 1.78. The zero-order valence-corrected chi connectivity index (χ0v) is 11.7. The van der Waals surface area contributed by atoms with Gasteiger partial charge < -0.3 is 10.1 Å². The molecule has 1 aliphatic rings. The second-order valence-corrected chi connectivity index (χ2v) is 5.28. The maximum Gasteiger partial charge on any atom is 0.141 e. The van der Waals surface area contributed by atoms with Crippen LogP contribution in [0, 0.1) is 5.82 Å². The molecule has 0 aliphatic carbocycles. The third-order valence-electron chi connectivity index (χ3n) is 3.01. The van der Waals surface area contributed by atoms with Gasteiger partial charge in [-0.25, -0.2) is 9.37 Å². The van der Waals surface area contributed by atoms with Crippen molar-refractivity contribution in [3.05, 3.63) is 51.9 Å². The van der Waals surface area contributed by atoms with Gasteiger partial charge in [-0.1, -0.05) is 15.9 Å². The van der Waals surface area contributed by atoms with E-state index < -0.39 is 0 Å². The second kappa shape index (κ2) is 5.17. The van der Waals surface area contributed by atoms with Crippen LogP contribution in [0.3, 0.4) is 0 Å². The molecule has 1 aromatic heterocycles. The number of benzene rings is 1. The van der Waals surface area contributed by atoms with Crippen LogP contribution in [0.2, 0.25) is 0 Å². The van der Waals surface area contributed by atoms with Crippen LogP contribution in [0.4, 0.5) is 10.2 Å². The van der Waals surface area contributed by atoms with Crippen LogP contribution in [0.15, 0.2) is 34.9 Å². The molecule has 5 heteroatoms. The quantitative estimate of drug-likeness (QED) is 0.938. The first-order valence-corrected chi connectivity index (χ1v) is 6.81. The molecule has 0 saturated heterocycles. The number of rotatable bonds is 3. The Morgan fingerprint density at radius 1 is 1.37 bits per heavy atom. The summed E-state index contributed by atoms with van der Waals surface area (Å²) in [5, 5.41) is 3.17. The highest BCUT2D eigenvalue weighted by Gasteiger charge is 2.17. The largest absolute Gasteiger partial charge is 0.493 e. The fourth-order valence-corrected chi connectivity index (χ4v) is 2.70. The molecular formula is C14H12BrFN2O. The van der Waals surface area contributed by atoms with E-state index in [0.29, 0.717) is 12.4 Å². The van der Waals surface area contributed by atoms with Gasteiger partial charge in [0, 0.05) is 23.0 Å². The summed E-state index contributed by atoms with van der Waals surface area (Å²) >= 11 is 3.50. The predicted molar refractivity (Wildman–Crippen MR) is 74.9 cm³/mol. The Morgan fingerprint density at radius 2 is 2.26 bits per heavy atom. The van der Waals surface area contributed by atoms with Gasteiger partial charge in [0.15, 0.2) is 0 Å². The highest BCUT2D eigenvalue weighted by molar-refractivity contribution is 9.10. The summed E-state index contributed by atoms with van der Waals surface area (Å²) in [6.45, 7) is 1.33. The Kier molecular flexibility index (Phi) is 3.38. The molecule has 3 nitrogen and oxygen atoms in total. The predicted octanol–water partition coefficient (Wildman–Crippen LogP) is 3.53. The van der Waals surface area contributed by atoms with Gasteiger partial charge in [-0.05, 0) is 29.8 Å². The number of nitrogens with one attached hydrogen (secondary N) is 1. The van der Waals surface area contributed by atoms with E-state index in [9.17, 15) is 4.39 Å². The van der Waals surface area contributed by atoms with Crippen LogP contribution in [-0.2, 0) is 13.0 Å². The number of pyridine rings is 1. The Labute approximate surface area is 118 Å². The number of hydrogen-bond acceptors (Lipinski definition) is 3. The highest BCUT2D eigenvalue weighted by atomic mass is 79.9. The van der Waals surface area contributed by atoms with Gasteiger partial charge in [0.05, 0.1) is 12.8 Å². The van der Waals surface area contributed by atoms with Gasteiger partial charge in [0.1, 0.15) is 17.4 Å². The van der Waals surface area contributed by atoms with Crippen molar-refractivity contribution in [3.63, 3.8) is 0 Å². The standard InChI is InChI=1S/C14H12BrFN2O/c15-11-5-9-3-4-19-14(9)10(6-11)7-17-13-2-1-12(16)8-18-13/h1-2,5-6,8H,3-4,7H2,(H,17,18). The summed E-state index contributed by atoms with van der Waals surface area (Å²) in [6, 6.07) is 7.12. The van der Waals surface area contributed by atoms with Gasteiger partial charge in [0.2, 0.25) is 0 Å². The van der Waals surface area contributed by atoms with E-state index in [-0.39, 0.29) is 5.82 Å². The molecule has 0 fully saturated rings. The summed E-state index contributed by atoms with van der Waals surface area (Å²) in [7, 11) is 0. The molecular weight excluding hydrogens is 311 g/mol. The number of halogens is 2. The molecule has 1 aliphatic heterocycles. The van der Waals surface area contributed by atoms with E-state index in [1.807, 2.05) is 6.07 Å². The van der Waals surface area contributed by atoms with Crippen molar-refractivity contribution in [1.29, 1.82) is 0 Å². The second-order valence-electron chi connectivity index (χ2n) is 4.37. The Morgan fingerprint density at radius 3 is 3.05 bits per heavy atom. The fraction of sp³-hybridized carbons (Fsp3) is 0.214. The van der Waals surface area contributed by atoms with E-state index >= 15 is 0 Å². The molecule has 0 spiro atoms. The first kappa shape index (κ1) is 12.4. The summed E-state index contributed by atoms with van der Waals surface area (Å²) in [5.74, 6) is 1.27. The van der Waals surface area contributed by atoms with Crippen molar-refractivity contribution < 1.29 is 9.13 Å². The molecule has 0 bridgehead atoms. The van der Waals surface area contributed by atoms with E-state index in [0.717, 1.165) is 28.8 Å². The zero-order valence-electron chi connectivity index (χ0n) is 10.1. The summed E-state index contributed by atoms with van der Waals surface area (Å²) in [6.07, 6.45) is 2.14. The van der Waals surface area contributed by atoms with Crippen molar-refractivity contribution in [2.75, 3.05) is 11.9 Å². The number of anilines is 1. The number of hydrogen-bond donors (Lipinski definition) is 1. The smallest absolute Gasteiger partial charge is 0.141 e. The van der Waals surface area contributed by atoms with Gasteiger partial charge in [-0.15, -0.1) is 0 Å². The molecule has 19 heavy (non-hydrogen) atoms. The minimum Gasteiger partial charge on any atom is -0.493 e. The molecule has 3 rings (SSSR count).